The molecule has 1 fully saturated rings. The van der Waals surface area contributed by atoms with Crippen molar-refractivity contribution in [2.24, 2.45) is 0 Å². The number of alkyl halides is 3. The zero-order chi connectivity index (χ0) is 18.9. The number of hydrogen-bond donors (Lipinski definition) is 1. The number of aromatic nitrogens is 3. The fraction of sp³-hybridized carbons (Fsp3) is 0.471. The van der Waals surface area contributed by atoms with Gasteiger partial charge in [0.1, 0.15) is 11.7 Å². The summed E-state index contributed by atoms with van der Waals surface area (Å²) in [4.78, 5) is 28.8. The summed E-state index contributed by atoms with van der Waals surface area (Å²) < 4.78 is 41.3. The second-order valence-electron chi connectivity index (χ2n) is 6.35. The lowest BCUT2D eigenvalue weighted by atomic mass is 10.2. The first kappa shape index (κ1) is 18.4. The van der Waals surface area contributed by atoms with Crippen molar-refractivity contribution in [1.29, 1.82) is 0 Å². The van der Waals surface area contributed by atoms with Gasteiger partial charge < -0.3 is 5.11 Å². The monoisotopic (exact) mass is 369 g/mol. The van der Waals surface area contributed by atoms with E-state index in [1.54, 1.807) is 12.1 Å². The smallest absolute Gasteiger partial charge is 0.385 e. The summed E-state index contributed by atoms with van der Waals surface area (Å²) in [6, 6.07) is 4.30. The second-order valence-corrected chi connectivity index (χ2v) is 6.35. The summed E-state index contributed by atoms with van der Waals surface area (Å²) >= 11 is 0. The Hall–Kier alpha value is -2.42. The topological polar surface area (TPSA) is 77.1 Å². The van der Waals surface area contributed by atoms with Crippen LogP contribution in [0.15, 0.2) is 40.2 Å². The van der Waals surface area contributed by atoms with E-state index in [9.17, 15) is 27.9 Å². The molecule has 3 rings (SSSR count). The van der Waals surface area contributed by atoms with E-state index in [2.05, 4.69) is 4.98 Å². The van der Waals surface area contributed by atoms with Crippen molar-refractivity contribution in [3.63, 3.8) is 0 Å². The molecule has 0 amide bonds. The number of aliphatic hydroxyl groups is 1. The minimum Gasteiger partial charge on any atom is -0.385 e. The van der Waals surface area contributed by atoms with Gasteiger partial charge in [-0.2, -0.15) is 13.2 Å². The van der Waals surface area contributed by atoms with Gasteiger partial charge in [-0.25, -0.2) is 4.79 Å². The van der Waals surface area contributed by atoms with Crippen LogP contribution in [0.1, 0.15) is 49.1 Å². The third kappa shape index (κ3) is 3.57. The molecule has 0 aromatic carbocycles. The highest BCUT2D eigenvalue weighted by molar-refractivity contribution is 5.12. The molecule has 1 unspecified atom stereocenters. The van der Waals surface area contributed by atoms with Gasteiger partial charge in [0, 0.05) is 18.4 Å². The van der Waals surface area contributed by atoms with E-state index < -0.39 is 35.6 Å². The van der Waals surface area contributed by atoms with Gasteiger partial charge in [-0.15, -0.1) is 0 Å². The highest BCUT2D eigenvalue weighted by Crippen LogP contribution is 2.31. The molecular formula is C17H18F3N3O3. The number of rotatable bonds is 4. The van der Waals surface area contributed by atoms with Crippen molar-refractivity contribution in [1.82, 2.24) is 14.1 Å². The van der Waals surface area contributed by atoms with Crippen LogP contribution in [-0.2, 0) is 12.7 Å². The van der Waals surface area contributed by atoms with Gasteiger partial charge in [-0.1, -0.05) is 18.9 Å². The van der Waals surface area contributed by atoms with Crippen LogP contribution in [0.25, 0.3) is 0 Å². The van der Waals surface area contributed by atoms with Crippen LogP contribution in [0.5, 0.6) is 0 Å². The predicted molar refractivity (Wildman–Crippen MR) is 86.7 cm³/mol. The molecule has 1 aliphatic rings. The highest BCUT2D eigenvalue weighted by Gasteiger charge is 2.37. The Morgan fingerprint density at radius 2 is 1.92 bits per heavy atom. The van der Waals surface area contributed by atoms with Crippen LogP contribution < -0.4 is 11.2 Å². The zero-order valence-corrected chi connectivity index (χ0v) is 13.8. The van der Waals surface area contributed by atoms with Gasteiger partial charge in [0.05, 0.1) is 12.2 Å². The third-order valence-electron chi connectivity index (χ3n) is 4.60. The van der Waals surface area contributed by atoms with Crippen molar-refractivity contribution in [2.75, 3.05) is 0 Å². The van der Waals surface area contributed by atoms with Gasteiger partial charge in [0.2, 0.25) is 0 Å². The van der Waals surface area contributed by atoms with Gasteiger partial charge in [-0.05, 0) is 25.0 Å². The zero-order valence-electron chi connectivity index (χ0n) is 13.8. The highest BCUT2D eigenvalue weighted by atomic mass is 19.4. The van der Waals surface area contributed by atoms with Gasteiger partial charge in [0.15, 0.2) is 0 Å². The minimum absolute atomic E-state index is 0.170. The largest absolute Gasteiger partial charge is 0.423 e. The summed E-state index contributed by atoms with van der Waals surface area (Å²) in [6.07, 6.45) is -1.45. The molecule has 9 heteroatoms. The van der Waals surface area contributed by atoms with E-state index in [-0.39, 0.29) is 11.7 Å². The van der Waals surface area contributed by atoms with Crippen LogP contribution in [0.3, 0.4) is 0 Å². The van der Waals surface area contributed by atoms with E-state index in [1.165, 1.54) is 12.3 Å². The maximum absolute atomic E-state index is 13.3. The van der Waals surface area contributed by atoms with Crippen LogP contribution in [0, 0.1) is 0 Å². The normalized spacial score (nSPS) is 16.8. The van der Waals surface area contributed by atoms with Crippen molar-refractivity contribution in [2.45, 2.75) is 50.6 Å². The van der Waals surface area contributed by atoms with Gasteiger partial charge in [-0.3, -0.25) is 18.9 Å². The quantitative estimate of drug-likeness (QED) is 0.897. The van der Waals surface area contributed by atoms with E-state index in [4.69, 9.17) is 0 Å². The van der Waals surface area contributed by atoms with Crippen LogP contribution in [0.2, 0.25) is 0 Å². The van der Waals surface area contributed by atoms with E-state index in [0.717, 1.165) is 17.4 Å². The van der Waals surface area contributed by atoms with Crippen molar-refractivity contribution >= 4 is 0 Å². The molecule has 2 aromatic heterocycles. The number of halogens is 3. The summed E-state index contributed by atoms with van der Waals surface area (Å²) in [6.45, 7) is -0.592. The molecule has 0 spiro atoms. The summed E-state index contributed by atoms with van der Waals surface area (Å²) in [7, 11) is 0. The van der Waals surface area contributed by atoms with E-state index in [1.807, 2.05) is 0 Å². The Kier molecular flexibility index (Phi) is 4.99. The molecular weight excluding hydrogens is 351 g/mol. The molecule has 140 valence electrons. The van der Waals surface area contributed by atoms with Gasteiger partial charge >= 0.3 is 11.9 Å². The average molecular weight is 369 g/mol. The molecule has 0 bridgehead atoms. The first-order chi connectivity index (χ1) is 12.3. The van der Waals surface area contributed by atoms with Crippen LogP contribution in [0.4, 0.5) is 13.2 Å². The molecule has 1 atom stereocenters. The van der Waals surface area contributed by atoms with E-state index >= 15 is 0 Å². The van der Waals surface area contributed by atoms with Crippen molar-refractivity contribution in [3.05, 3.63) is 62.7 Å². The first-order valence-corrected chi connectivity index (χ1v) is 8.31. The second kappa shape index (κ2) is 7.06. The first-order valence-electron chi connectivity index (χ1n) is 8.31. The van der Waals surface area contributed by atoms with Crippen LogP contribution in [-0.4, -0.2) is 19.2 Å². The summed E-state index contributed by atoms with van der Waals surface area (Å²) in [5.74, 6) is 0. The number of nitrogens with zero attached hydrogens (tertiary/aromatic N) is 3. The van der Waals surface area contributed by atoms with Crippen LogP contribution >= 0.6 is 0 Å². The lowest BCUT2D eigenvalue weighted by Gasteiger charge is -2.20. The molecule has 26 heavy (non-hydrogen) atoms. The van der Waals surface area contributed by atoms with E-state index in [0.29, 0.717) is 23.6 Å². The Labute approximate surface area is 146 Å². The number of pyridine rings is 1. The molecule has 1 saturated carbocycles. The lowest BCUT2D eigenvalue weighted by molar-refractivity contribution is -0.139. The number of aliphatic hydroxyl groups excluding tert-OH is 1. The molecule has 0 radical (unpaired) electrons. The Balaban J connectivity index is 2.09. The molecule has 2 heterocycles. The molecule has 6 nitrogen and oxygen atoms in total. The predicted octanol–water partition coefficient (Wildman–Crippen LogP) is 2.27. The molecule has 0 saturated heterocycles. The maximum Gasteiger partial charge on any atom is 0.423 e. The minimum atomic E-state index is -4.89. The summed E-state index contributed by atoms with van der Waals surface area (Å²) in [5, 5.41) is 10.2. The lowest BCUT2D eigenvalue weighted by Crippen LogP contribution is -2.45. The Morgan fingerprint density at radius 1 is 1.23 bits per heavy atom. The fourth-order valence-electron chi connectivity index (χ4n) is 3.26. The molecule has 2 aromatic rings. The Morgan fingerprint density at radius 3 is 2.50 bits per heavy atom. The molecule has 1 N–H and O–H groups in total. The third-order valence-corrected chi connectivity index (χ3v) is 4.60. The maximum atomic E-state index is 13.3. The van der Waals surface area contributed by atoms with Gasteiger partial charge in [0.25, 0.3) is 5.56 Å². The fourth-order valence-corrected chi connectivity index (χ4v) is 3.26. The molecule has 0 aliphatic heterocycles. The molecule has 1 aliphatic carbocycles. The summed E-state index contributed by atoms with van der Waals surface area (Å²) in [5.41, 5.74) is -3.53. The standard InChI is InChI=1S/C17H18F3N3O3/c18-17(19,20)12-9-22(11-5-1-2-6-11)16(26)23(15(12)25)10-14(24)13-7-3-4-8-21-13/h3-4,7-9,11,14,24H,1-2,5-6,10H2. The average Bonchev–Trinajstić information content (AvgIpc) is 3.12. The number of hydrogen-bond acceptors (Lipinski definition) is 4. The Bertz CT molecular complexity index is 884. The van der Waals surface area contributed by atoms with Crippen molar-refractivity contribution < 1.29 is 18.3 Å². The SMILES string of the molecule is O=c1c(C(F)(F)F)cn(C2CCCC2)c(=O)n1CC(O)c1ccccn1. The van der Waals surface area contributed by atoms with Crippen molar-refractivity contribution in [3.8, 4) is 0 Å².